The molecule has 4 rings (SSSR count). The second kappa shape index (κ2) is 11.1. The molecule has 7 nitrogen and oxygen atoms in total. The Morgan fingerprint density at radius 2 is 1.94 bits per heavy atom. The summed E-state index contributed by atoms with van der Waals surface area (Å²) in [6.07, 6.45) is 3.47. The van der Waals surface area contributed by atoms with E-state index >= 15 is 0 Å². The molecule has 0 radical (unpaired) electrons. The third kappa shape index (κ3) is 6.45. The highest BCUT2D eigenvalue weighted by molar-refractivity contribution is 7.96. The minimum absolute atomic E-state index is 0.0828. The quantitative estimate of drug-likeness (QED) is 0.468. The Kier molecular flexibility index (Phi) is 7.79. The lowest BCUT2D eigenvalue weighted by atomic mass is 10.1. The van der Waals surface area contributed by atoms with Crippen LogP contribution in [-0.2, 0) is 10.5 Å². The highest BCUT2D eigenvalue weighted by Crippen LogP contribution is 2.28. The Balaban J connectivity index is 1.46. The minimum Gasteiger partial charge on any atom is -0.489 e. The number of nitrogens with one attached hydrogen (secondary N) is 1. The standard InChI is InChI=1S/C25H27N5O2S/c1-30(2)33-17-18-3-6-21(7-4-18)28-25-27-12-9-23(29-25)19-5-8-24(20(15-19)16-26)32-22-10-13-31-14-11-22/h3-9,12,15,22H,10-11,13-14,17H2,1-2H3,(H,27,28,29). The van der Waals surface area contributed by atoms with Gasteiger partial charge in [-0.15, -0.1) is 0 Å². The summed E-state index contributed by atoms with van der Waals surface area (Å²) in [6.45, 7) is 1.39. The molecule has 1 fully saturated rings. The summed E-state index contributed by atoms with van der Waals surface area (Å²) in [5.74, 6) is 2.03. The summed E-state index contributed by atoms with van der Waals surface area (Å²) >= 11 is 1.76. The molecule has 1 aromatic heterocycles. The van der Waals surface area contributed by atoms with E-state index in [0.29, 0.717) is 30.5 Å². The minimum atomic E-state index is 0.0828. The lowest BCUT2D eigenvalue weighted by Crippen LogP contribution is -2.26. The molecule has 0 saturated carbocycles. The van der Waals surface area contributed by atoms with Gasteiger partial charge in [0.2, 0.25) is 5.95 Å². The van der Waals surface area contributed by atoms with Crippen molar-refractivity contribution in [2.24, 2.45) is 0 Å². The van der Waals surface area contributed by atoms with E-state index < -0.39 is 0 Å². The van der Waals surface area contributed by atoms with Crippen LogP contribution in [0.5, 0.6) is 5.75 Å². The largest absolute Gasteiger partial charge is 0.489 e. The second-order valence-electron chi connectivity index (χ2n) is 7.93. The SMILES string of the molecule is CN(C)SCc1ccc(Nc2nccc(-c3ccc(OC4CCOCC4)c(C#N)c3)n2)cc1. The molecular weight excluding hydrogens is 434 g/mol. The summed E-state index contributed by atoms with van der Waals surface area (Å²) in [4.78, 5) is 8.99. The van der Waals surface area contributed by atoms with Crippen molar-refractivity contribution >= 4 is 23.6 Å². The van der Waals surface area contributed by atoms with Crippen molar-refractivity contribution < 1.29 is 9.47 Å². The van der Waals surface area contributed by atoms with Crippen LogP contribution in [0.2, 0.25) is 0 Å². The van der Waals surface area contributed by atoms with Gasteiger partial charge in [0.25, 0.3) is 0 Å². The predicted molar refractivity (Wildman–Crippen MR) is 131 cm³/mol. The van der Waals surface area contributed by atoms with Crippen LogP contribution in [0.4, 0.5) is 11.6 Å². The molecule has 3 aromatic rings. The number of hydrogen-bond acceptors (Lipinski definition) is 8. The second-order valence-corrected chi connectivity index (χ2v) is 9.20. The zero-order valence-electron chi connectivity index (χ0n) is 18.8. The fourth-order valence-electron chi connectivity index (χ4n) is 3.45. The lowest BCUT2D eigenvalue weighted by molar-refractivity contribution is 0.0254. The zero-order chi connectivity index (χ0) is 23.0. The molecule has 0 atom stereocenters. The van der Waals surface area contributed by atoms with Crippen molar-refractivity contribution in [2.45, 2.75) is 24.7 Å². The van der Waals surface area contributed by atoms with E-state index in [1.807, 2.05) is 50.5 Å². The molecule has 0 unspecified atom stereocenters. The number of hydrogen-bond donors (Lipinski definition) is 1. The summed E-state index contributed by atoms with van der Waals surface area (Å²) < 4.78 is 13.5. The molecule has 2 aromatic carbocycles. The molecule has 33 heavy (non-hydrogen) atoms. The van der Waals surface area contributed by atoms with Crippen molar-refractivity contribution in [3.63, 3.8) is 0 Å². The molecule has 2 heterocycles. The van der Waals surface area contributed by atoms with Crippen molar-refractivity contribution in [3.8, 4) is 23.1 Å². The van der Waals surface area contributed by atoms with Gasteiger partial charge in [-0.3, -0.25) is 4.31 Å². The van der Waals surface area contributed by atoms with Crippen LogP contribution in [0.15, 0.2) is 54.7 Å². The van der Waals surface area contributed by atoms with Gasteiger partial charge >= 0.3 is 0 Å². The maximum Gasteiger partial charge on any atom is 0.227 e. The Labute approximate surface area is 198 Å². The smallest absolute Gasteiger partial charge is 0.227 e. The highest BCUT2D eigenvalue weighted by atomic mass is 32.2. The molecule has 1 saturated heterocycles. The van der Waals surface area contributed by atoms with E-state index in [1.54, 1.807) is 18.1 Å². The third-order valence-electron chi connectivity index (χ3n) is 5.21. The lowest BCUT2D eigenvalue weighted by Gasteiger charge is -2.23. The van der Waals surface area contributed by atoms with Crippen LogP contribution in [-0.4, -0.2) is 47.7 Å². The van der Waals surface area contributed by atoms with Gasteiger partial charge in [0, 0.05) is 36.0 Å². The van der Waals surface area contributed by atoms with E-state index in [1.165, 1.54) is 5.56 Å². The van der Waals surface area contributed by atoms with Crippen LogP contribution in [0, 0.1) is 11.3 Å². The first-order valence-electron chi connectivity index (χ1n) is 10.9. The monoisotopic (exact) mass is 461 g/mol. The Morgan fingerprint density at radius 1 is 1.15 bits per heavy atom. The Bertz CT molecular complexity index is 1110. The fourth-order valence-corrected chi connectivity index (χ4v) is 4.05. The number of ether oxygens (including phenoxy) is 2. The number of aromatic nitrogens is 2. The molecule has 0 bridgehead atoms. The molecule has 1 N–H and O–H groups in total. The Morgan fingerprint density at radius 3 is 2.67 bits per heavy atom. The van der Waals surface area contributed by atoms with Gasteiger partial charge in [0.15, 0.2) is 0 Å². The van der Waals surface area contributed by atoms with E-state index in [9.17, 15) is 5.26 Å². The highest BCUT2D eigenvalue weighted by Gasteiger charge is 2.17. The normalized spacial score (nSPS) is 14.1. The van der Waals surface area contributed by atoms with Gasteiger partial charge in [-0.2, -0.15) is 5.26 Å². The molecule has 1 aliphatic heterocycles. The number of nitriles is 1. The van der Waals surface area contributed by atoms with Crippen molar-refractivity contribution in [2.75, 3.05) is 32.6 Å². The molecule has 8 heteroatoms. The van der Waals surface area contributed by atoms with Gasteiger partial charge < -0.3 is 14.8 Å². The van der Waals surface area contributed by atoms with Gasteiger partial charge in [0.05, 0.1) is 24.5 Å². The molecule has 170 valence electrons. The number of nitrogens with zero attached hydrogens (tertiary/aromatic N) is 4. The van der Waals surface area contributed by atoms with Crippen LogP contribution in [0.1, 0.15) is 24.0 Å². The summed E-state index contributed by atoms with van der Waals surface area (Å²) in [6, 6.07) is 17.9. The van der Waals surface area contributed by atoms with E-state index in [4.69, 9.17) is 9.47 Å². The van der Waals surface area contributed by atoms with Crippen molar-refractivity contribution in [3.05, 3.63) is 65.9 Å². The van der Waals surface area contributed by atoms with Crippen LogP contribution in [0.25, 0.3) is 11.3 Å². The van der Waals surface area contributed by atoms with E-state index in [-0.39, 0.29) is 6.10 Å². The zero-order valence-corrected chi connectivity index (χ0v) is 19.6. The van der Waals surface area contributed by atoms with Crippen LogP contribution >= 0.6 is 11.9 Å². The molecule has 0 aliphatic carbocycles. The van der Waals surface area contributed by atoms with E-state index in [2.05, 4.69) is 37.8 Å². The van der Waals surface area contributed by atoms with Crippen LogP contribution < -0.4 is 10.1 Å². The average molecular weight is 462 g/mol. The molecule has 1 aliphatic rings. The van der Waals surface area contributed by atoms with Crippen molar-refractivity contribution in [1.29, 1.82) is 5.26 Å². The average Bonchev–Trinajstić information content (AvgIpc) is 2.84. The summed E-state index contributed by atoms with van der Waals surface area (Å²) in [5, 5.41) is 12.9. The number of anilines is 2. The number of benzene rings is 2. The van der Waals surface area contributed by atoms with Gasteiger partial charge in [0.1, 0.15) is 17.9 Å². The maximum absolute atomic E-state index is 9.66. The first-order chi connectivity index (χ1) is 16.1. The third-order valence-corrected chi connectivity index (χ3v) is 6.19. The number of rotatable bonds is 8. The molecule has 0 amide bonds. The van der Waals surface area contributed by atoms with Crippen LogP contribution in [0.3, 0.4) is 0 Å². The summed E-state index contributed by atoms with van der Waals surface area (Å²) in [7, 11) is 4.08. The maximum atomic E-state index is 9.66. The first kappa shape index (κ1) is 23.1. The van der Waals surface area contributed by atoms with Gasteiger partial charge in [-0.1, -0.05) is 24.1 Å². The first-order valence-corrected chi connectivity index (χ1v) is 11.8. The summed E-state index contributed by atoms with van der Waals surface area (Å²) in [5.41, 5.74) is 4.25. The van der Waals surface area contributed by atoms with Gasteiger partial charge in [-0.25, -0.2) is 9.97 Å². The van der Waals surface area contributed by atoms with Gasteiger partial charge in [-0.05, 0) is 56.1 Å². The topological polar surface area (TPSA) is 83.3 Å². The molecule has 0 spiro atoms. The van der Waals surface area contributed by atoms with Crippen molar-refractivity contribution in [1.82, 2.24) is 14.3 Å². The fraction of sp³-hybridized carbons (Fsp3) is 0.320. The Hall–Kier alpha value is -3.12. The van der Waals surface area contributed by atoms with E-state index in [0.717, 1.165) is 35.5 Å². The predicted octanol–water partition coefficient (Wildman–Crippen LogP) is 5.03. The molecular formula is C25H27N5O2S.